The molecule has 8 heteroatoms. The number of ether oxygens (including phenoxy) is 2. The third kappa shape index (κ3) is 11.5. The minimum atomic E-state index is 0. The molecule has 0 fully saturated rings. The molecule has 2 rings (SSSR count). The maximum atomic E-state index is 5.93. The van der Waals surface area contributed by atoms with Gasteiger partial charge in [0.25, 0.3) is 0 Å². The summed E-state index contributed by atoms with van der Waals surface area (Å²) >= 11 is 0. The molecule has 7 nitrogen and oxygen atoms in total. The van der Waals surface area contributed by atoms with Crippen molar-refractivity contribution in [3.05, 3.63) is 53.7 Å². The summed E-state index contributed by atoms with van der Waals surface area (Å²) in [5, 5.41) is 10.1. The number of nitrogens with one attached hydrogen (secondary N) is 3. The first-order chi connectivity index (χ1) is 15.2. The molecule has 0 bridgehead atoms. The van der Waals surface area contributed by atoms with Crippen molar-refractivity contribution >= 4 is 35.8 Å². The van der Waals surface area contributed by atoms with Crippen molar-refractivity contribution in [1.29, 1.82) is 0 Å². The highest BCUT2D eigenvalue weighted by atomic mass is 127. The van der Waals surface area contributed by atoms with Gasteiger partial charge in [-0.3, -0.25) is 0 Å². The number of rotatable bonds is 14. The first-order valence-electron chi connectivity index (χ1n) is 11.2. The smallest absolute Gasteiger partial charge is 0.191 e. The number of nitrogens with zero attached hydrogens (tertiary/aromatic N) is 2. The standard InChI is InChI=1S/C24H37N5O2.HI/c1-4-25-24(28-15-9-8-14-27-23-10-6-7-13-26-23)29-19-21-12-11-20(3)18-22(21)31-17-16-30-5-2;/h6-7,10-13,18H,4-5,8-9,14-17,19H2,1-3H3,(H,26,27)(H2,25,28,29);1H. The van der Waals surface area contributed by atoms with Crippen LogP contribution < -0.4 is 20.7 Å². The average Bonchev–Trinajstić information content (AvgIpc) is 2.79. The zero-order chi connectivity index (χ0) is 22.2. The molecule has 0 unspecified atom stereocenters. The Morgan fingerprint density at radius 1 is 1.03 bits per heavy atom. The lowest BCUT2D eigenvalue weighted by molar-refractivity contribution is 0.110. The molecule has 0 spiro atoms. The third-order valence-corrected chi connectivity index (χ3v) is 4.53. The lowest BCUT2D eigenvalue weighted by atomic mass is 10.1. The lowest BCUT2D eigenvalue weighted by Crippen LogP contribution is -2.37. The number of halogens is 1. The molecule has 3 N–H and O–H groups in total. The first-order valence-corrected chi connectivity index (χ1v) is 11.2. The fourth-order valence-electron chi connectivity index (χ4n) is 2.93. The van der Waals surface area contributed by atoms with Crippen LogP contribution in [-0.2, 0) is 11.3 Å². The largest absolute Gasteiger partial charge is 0.491 e. The number of aliphatic imine (C=N–C) groups is 1. The van der Waals surface area contributed by atoms with Crippen LogP contribution in [0.3, 0.4) is 0 Å². The van der Waals surface area contributed by atoms with Crippen LogP contribution in [0.2, 0.25) is 0 Å². The third-order valence-electron chi connectivity index (χ3n) is 4.53. The van der Waals surface area contributed by atoms with Gasteiger partial charge in [-0.15, -0.1) is 24.0 Å². The summed E-state index contributed by atoms with van der Waals surface area (Å²) in [6.07, 6.45) is 3.89. The van der Waals surface area contributed by atoms with Crippen molar-refractivity contribution in [3.63, 3.8) is 0 Å². The van der Waals surface area contributed by atoms with Crippen LogP contribution in [0.4, 0.5) is 5.82 Å². The minimum absolute atomic E-state index is 0. The molecule has 0 aliphatic heterocycles. The number of anilines is 1. The molecule has 2 aromatic rings. The van der Waals surface area contributed by atoms with Crippen molar-refractivity contribution in [2.45, 2.75) is 40.2 Å². The molecule has 0 saturated carbocycles. The van der Waals surface area contributed by atoms with Gasteiger partial charge in [-0.1, -0.05) is 18.2 Å². The number of unbranched alkanes of at least 4 members (excludes halogenated alkanes) is 1. The summed E-state index contributed by atoms with van der Waals surface area (Å²) in [6, 6.07) is 12.1. The Morgan fingerprint density at radius 2 is 1.88 bits per heavy atom. The number of pyridine rings is 1. The van der Waals surface area contributed by atoms with E-state index >= 15 is 0 Å². The van der Waals surface area contributed by atoms with Crippen LogP contribution in [0.5, 0.6) is 5.75 Å². The molecule has 0 aliphatic rings. The van der Waals surface area contributed by atoms with Gasteiger partial charge in [-0.2, -0.15) is 0 Å². The van der Waals surface area contributed by atoms with E-state index in [9.17, 15) is 0 Å². The van der Waals surface area contributed by atoms with Gasteiger partial charge in [0.15, 0.2) is 5.96 Å². The van der Waals surface area contributed by atoms with E-state index in [4.69, 9.17) is 14.5 Å². The van der Waals surface area contributed by atoms with Crippen LogP contribution in [0.1, 0.15) is 37.8 Å². The predicted molar refractivity (Wildman–Crippen MR) is 143 cm³/mol. The van der Waals surface area contributed by atoms with E-state index in [0.717, 1.165) is 55.6 Å². The molecule has 0 atom stereocenters. The van der Waals surface area contributed by atoms with E-state index in [0.29, 0.717) is 26.4 Å². The second kappa shape index (κ2) is 17.5. The normalized spacial score (nSPS) is 10.9. The lowest BCUT2D eigenvalue weighted by Gasteiger charge is -2.14. The van der Waals surface area contributed by atoms with E-state index in [1.54, 1.807) is 6.20 Å². The van der Waals surface area contributed by atoms with Gasteiger partial charge in [-0.25, -0.2) is 9.98 Å². The maximum absolute atomic E-state index is 5.93. The minimum Gasteiger partial charge on any atom is -0.491 e. The topological polar surface area (TPSA) is 79.8 Å². The summed E-state index contributed by atoms with van der Waals surface area (Å²) in [4.78, 5) is 9.01. The number of benzene rings is 1. The monoisotopic (exact) mass is 555 g/mol. The van der Waals surface area contributed by atoms with Crippen LogP contribution >= 0.6 is 24.0 Å². The maximum Gasteiger partial charge on any atom is 0.191 e. The Kier molecular flexibility index (Phi) is 15.3. The number of hydrogen-bond donors (Lipinski definition) is 3. The molecular formula is C24H38IN5O2. The second-order valence-corrected chi connectivity index (χ2v) is 7.13. The highest BCUT2D eigenvalue weighted by Crippen LogP contribution is 2.21. The average molecular weight is 556 g/mol. The molecule has 0 amide bonds. The fourth-order valence-corrected chi connectivity index (χ4v) is 2.93. The van der Waals surface area contributed by atoms with E-state index < -0.39 is 0 Å². The van der Waals surface area contributed by atoms with Gasteiger partial charge < -0.3 is 25.4 Å². The molecule has 0 saturated heterocycles. The number of aryl methyl sites for hydroxylation is 1. The highest BCUT2D eigenvalue weighted by molar-refractivity contribution is 14.0. The predicted octanol–water partition coefficient (Wildman–Crippen LogP) is 4.37. The molecule has 1 aromatic carbocycles. The Balaban J connectivity index is 0.00000512. The van der Waals surface area contributed by atoms with E-state index in [1.165, 1.54) is 5.56 Å². The summed E-state index contributed by atoms with van der Waals surface area (Å²) < 4.78 is 11.3. The number of aromatic nitrogens is 1. The highest BCUT2D eigenvalue weighted by Gasteiger charge is 2.05. The van der Waals surface area contributed by atoms with Crippen LogP contribution in [-0.4, -0.2) is 50.4 Å². The van der Waals surface area contributed by atoms with E-state index in [1.807, 2.05) is 25.1 Å². The van der Waals surface area contributed by atoms with Crippen LogP contribution in [0.25, 0.3) is 0 Å². The molecule has 0 aliphatic carbocycles. The fraction of sp³-hybridized carbons (Fsp3) is 0.500. The zero-order valence-corrected chi connectivity index (χ0v) is 21.9. The first kappa shape index (κ1) is 28.0. The van der Waals surface area contributed by atoms with Crippen molar-refractivity contribution in [2.24, 2.45) is 4.99 Å². The molecule has 0 radical (unpaired) electrons. The molecule has 1 aromatic heterocycles. The Labute approximate surface area is 209 Å². The van der Waals surface area contributed by atoms with Crippen LogP contribution in [0.15, 0.2) is 47.6 Å². The quantitative estimate of drug-likeness (QED) is 0.139. The van der Waals surface area contributed by atoms with Crippen molar-refractivity contribution in [3.8, 4) is 5.75 Å². The molecule has 32 heavy (non-hydrogen) atoms. The Morgan fingerprint density at radius 3 is 2.62 bits per heavy atom. The number of guanidine groups is 1. The van der Waals surface area contributed by atoms with Gasteiger partial charge in [-0.05, 0) is 57.4 Å². The SMILES string of the molecule is CCNC(=NCc1ccc(C)cc1OCCOCC)NCCCCNc1ccccn1.I. The molecule has 178 valence electrons. The van der Waals surface area contributed by atoms with E-state index in [-0.39, 0.29) is 24.0 Å². The van der Waals surface area contributed by atoms with Gasteiger partial charge in [0.05, 0.1) is 13.2 Å². The van der Waals surface area contributed by atoms with Crippen LogP contribution in [0, 0.1) is 6.92 Å². The van der Waals surface area contributed by atoms with Gasteiger partial charge >= 0.3 is 0 Å². The second-order valence-electron chi connectivity index (χ2n) is 7.13. The van der Waals surface area contributed by atoms with Crippen molar-refractivity contribution in [2.75, 3.05) is 44.8 Å². The summed E-state index contributed by atoms with van der Waals surface area (Å²) in [6.45, 7) is 11.1. The van der Waals surface area contributed by atoms with Gasteiger partial charge in [0, 0.05) is 38.0 Å². The Hall–Kier alpha value is -2.07. The zero-order valence-electron chi connectivity index (χ0n) is 19.5. The summed E-state index contributed by atoms with van der Waals surface area (Å²) in [5.41, 5.74) is 2.24. The summed E-state index contributed by atoms with van der Waals surface area (Å²) in [5.74, 6) is 2.61. The van der Waals surface area contributed by atoms with Gasteiger partial charge in [0.1, 0.15) is 18.2 Å². The van der Waals surface area contributed by atoms with Crippen molar-refractivity contribution in [1.82, 2.24) is 15.6 Å². The van der Waals surface area contributed by atoms with E-state index in [2.05, 4.69) is 53.0 Å². The number of hydrogen-bond acceptors (Lipinski definition) is 5. The summed E-state index contributed by atoms with van der Waals surface area (Å²) in [7, 11) is 0. The van der Waals surface area contributed by atoms with Gasteiger partial charge in [0.2, 0.25) is 0 Å². The molecule has 1 heterocycles. The Bertz CT molecular complexity index is 774. The van der Waals surface area contributed by atoms with Crippen molar-refractivity contribution < 1.29 is 9.47 Å². The molecular weight excluding hydrogens is 517 g/mol.